The number of nitrogens with one attached hydrogen (secondary N) is 2. The van der Waals surface area contributed by atoms with Gasteiger partial charge in [0.1, 0.15) is 12.6 Å². The molecule has 1 aromatic heterocycles. The molecule has 3 heterocycles. The minimum absolute atomic E-state index is 0.00696. The second-order valence-corrected chi connectivity index (χ2v) is 7.08. The summed E-state index contributed by atoms with van der Waals surface area (Å²) in [5.41, 5.74) is 9.25. The maximum absolute atomic E-state index is 12.3. The van der Waals surface area contributed by atoms with Gasteiger partial charge < -0.3 is 10.6 Å². The third-order valence-electron chi connectivity index (χ3n) is 4.17. The van der Waals surface area contributed by atoms with Gasteiger partial charge in [0.2, 0.25) is 5.82 Å². The Morgan fingerprint density at radius 2 is 2.00 bits per heavy atom. The summed E-state index contributed by atoms with van der Waals surface area (Å²) in [6.45, 7) is -0.524. The molecule has 0 aromatic carbocycles. The number of carbonyl (C=O) groups excluding carboxylic acids is 4. The maximum atomic E-state index is 12.3. The molecule has 2 atom stereocenters. The lowest BCUT2D eigenvalue weighted by Crippen LogP contribution is -2.54. The van der Waals surface area contributed by atoms with Crippen molar-refractivity contribution in [2.45, 2.75) is 31.5 Å². The van der Waals surface area contributed by atoms with Crippen LogP contribution in [0.5, 0.6) is 0 Å². The molecule has 2 fully saturated rings. The molecular formula is C11H15N9O8S. The van der Waals surface area contributed by atoms with Crippen LogP contribution in [-0.4, -0.2) is 85.5 Å². The van der Waals surface area contributed by atoms with Crippen LogP contribution in [0.4, 0.5) is 4.79 Å². The fourth-order valence-corrected chi connectivity index (χ4v) is 3.37. The number of amides is 5. The fourth-order valence-electron chi connectivity index (χ4n) is 2.98. The van der Waals surface area contributed by atoms with E-state index in [2.05, 4.69) is 30.7 Å². The summed E-state index contributed by atoms with van der Waals surface area (Å²) in [7, 11) is -4.90. The first kappa shape index (κ1) is 20.4. The molecule has 5 amide bonds. The zero-order chi connectivity index (χ0) is 21.3. The summed E-state index contributed by atoms with van der Waals surface area (Å²) in [6.07, 6.45) is 0.374. The van der Waals surface area contributed by atoms with Crippen LogP contribution in [0.15, 0.2) is 0 Å². The molecule has 158 valence electrons. The van der Waals surface area contributed by atoms with Crippen molar-refractivity contribution in [3.8, 4) is 0 Å². The number of rotatable bonds is 6. The number of nitrogens with two attached hydrogens (primary N) is 1. The number of urea groups is 1. The number of hydroxylamine groups is 2. The predicted octanol–water partition coefficient (Wildman–Crippen LogP) is -4.08. The van der Waals surface area contributed by atoms with E-state index in [9.17, 15) is 27.6 Å². The molecule has 18 heteroatoms. The Balaban J connectivity index is 1.56. The van der Waals surface area contributed by atoms with E-state index < -0.39 is 52.8 Å². The van der Waals surface area contributed by atoms with Crippen LogP contribution in [0.2, 0.25) is 0 Å². The SMILES string of the molecule is NC(=O)c1nnnn1CC(=O)NNC(=O)[C@@H]1CC[C@@H]2CN1C(=O)N2OS(=O)(=O)O. The Morgan fingerprint density at radius 3 is 2.66 bits per heavy atom. The van der Waals surface area contributed by atoms with Crippen molar-refractivity contribution in [1.82, 2.24) is 41.0 Å². The number of piperidine rings is 1. The number of fused-ring (bicyclic) bond motifs is 2. The quantitative estimate of drug-likeness (QED) is 0.249. The molecule has 0 radical (unpaired) electrons. The Bertz CT molecular complexity index is 961. The number of hydrazine groups is 1. The summed E-state index contributed by atoms with van der Waals surface area (Å²) in [6, 6.07) is -2.59. The molecule has 5 N–H and O–H groups in total. The van der Waals surface area contributed by atoms with E-state index in [1.54, 1.807) is 0 Å². The zero-order valence-electron chi connectivity index (χ0n) is 14.5. The highest BCUT2D eigenvalue weighted by Gasteiger charge is 2.49. The Hall–Kier alpha value is -3.38. The van der Waals surface area contributed by atoms with Crippen LogP contribution < -0.4 is 16.6 Å². The first-order valence-corrected chi connectivity index (χ1v) is 9.35. The van der Waals surface area contributed by atoms with Gasteiger partial charge in [0.15, 0.2) is 0 Å². The first-order valence-electron chi connectivity index (χ1n) is 7.98. The monoisotopic (exact) mass is 433 g/mol. The number of aromatic nitrogens is 4. The van der Waals surface area contributed by atoms with Crippen molar-refractivity contribution in [3.63, 3.8) is 0 Å². The highest BCUT2D eigenvalue weighted by molar-refractivity contribution is 7.80. The lowest BCUT2D eigenvalue weighted by atomic mass is 10.0. The Kier molecular flexibility index (Phi) is 5.31. The molecule has 2 bridgehead atoms. The van der Waals surface area contributed by atoms with Crippen LogP contribution >= 0.6 is 0 Å². The highest BCUT2D eigenvalue weighted by atomic mass is 32.3. The molecular weight excluding hydrogens is 418 g/mol. The molecule has 29 heavy (non-hydrogen) atoms. The minimum Gasteiger partial charge on any atom is -0.363 e. The van der Waals surface area contributed by atoms with E-state index >= 15 is 0 Å². The maximum Gasteiger partial charge on any atom is 0.418 e. The summed E-state index contributed by atoms with van der Waals surface area (Å²) in [4.78, 5) is 48.6. The van der Waals surface area contributed by atoms with Crippen LogP contribution in [0.1, 0.15) is 23.5 Å². The number of hydrogen-bond acceptors (Lipinski definition) is 10. The van der Waals surface area contributed by atoms with Crippen LogP contribution in [0, 0.1) is 0 Å². The third kappa shape index (κ3) is 4.38. The molecule has 3 rings (SSSR count). The van der Waals surface area contributed by atoms with Gasteiger partial charge in [-0.25, -0.2) is 9.48 Å². The number of hydrogen-bond donors (Lipinski definition) is 4. The number of primary amides is 1. The predicted molar refractivity (Wildman–Crippen MR) is 86.0 cm³/mol. The van der Waals surface area contributed by atoms with Crippen LogP contribution in [-0.2, 0) is 30.8 Å². The molecule has 0 saturated carbocycles. The summed E-state index contributed by atoms with van der Waals surface area (Å²) in [5.74, 6) is -2.84. The highest BCUT2D eigenvalue weighted by Crippen LogP contribution is 2.30. The average Bonchev–Trinajstić information content (AvgIpc) is 3.18. The van der Waals surface area contributed by atoms with E-state index in [0.717, 1.165) is 9.58 Å². The van der Waals surface area contributed by atoms with Gasteiger partial charge in [-0.1, -0.05) is 0 Å². The van der Waals surface area contributed by atoms with Crippen molar-refractivity contribution in [2.75, 3.05) is 6.54 Å². The fraction of sp³-hybridized carbons (Fsp3) is 0.545. The van der Waals surface area contributed by atoms with Crippen LogP contribution in [0.25, 0.3) is 0 Å². The van der Waals surface area contributed by atoms with Crippen molar-refractivity contribution in [1.29, 1.82) is 0 Å². The molecule has 0 aliphatic carbocycles. The van der Waals surface area contributed by atoms with Gasteiger partial charge >= 0.3 is 16.4 Å². The van der Waals surface area contributed by atoms with Gasteiger partial charge in [-0.3, -0.25) is 29.8 Å². The standard InChI is InChI=1S/C11H15N9O8S/c12-8(22)9-14-16-17-19(9)4-7(21)13-15-10(23)6-2-1-5-3-18(6)11(24)20(5)28-29(25,26)27/h5-6H,1-4H2,(H2,12,22)(H,13,21)(H,15,23)(H,25,26,27)/t5-,6+/m1/s1. The van der Waals surface area contributed by atoms with E-state index in [4.69, 9.17) is 10.3 Å². The van der Waals surface area contributed by atoms with Gasteiger partial charge in [-0.2, -0.15) is 13.5 Å². The zero-order valence-corrected chi connectivity index (χ0v) is 15.3. The van der Waals surface area contributed by atoms with E-state index in [1.165, 1.54) is 0 Å². The molecule has 2 aliphatic heterocycles. The van der Waals surface area contributed by atoms with Gasteiger partial charge in [0.05, 0.1) is 6.04 Å². The Morgan fingerprint density at radius 1 is 1.28 bits per heavy atom. The number of tetrazole rings is 1. The number of carbonyl (C=O) groups is 4. The first-order chi connectivity index (χ1) is 13.6. The molecule has 2 aliphatic rings. The van der Waals surface area contributed by atoms with E-state index in [0.29, 0.717) is 5.06 Å². The minimum atomic E-state index is -4.90. The van der Waals surface area contributed by atoms with Gasteiger partial charge in [0, 0.05) is 6.54 Å². The lowest BCUT2D eigenvalue weighted by Gasteiger charge is -2.29. The summed E-state index contributed by atoms with van der Waals surface area (Å²) >= 11 is 0. The van der Waals surface area contributed by atoms with Gasteiger partial charge in [-0.15, -0.1) is 9.38 Å². The lowest BCUT2D eigenvalue weighted by molar-refractivity contribution is -0.132. The van der Waals surface area contributed by atoms with E-state index in [-0.39, 0.29) is 25.2 Å². The van der Waals surface area contributed by atoms with E-state index in [1.807, 2.05) is 0 Å². The molecule has 0 spiro atoms. The normalized spacial score (nSPS) is 21.2. The average molecular weight is 433 g/mol. The van der Waals surface area contributed by atoms with Gasteiger partial charge in [0.25, 0.3) is 17.7 Å². The second-order valence-electron chi connectivity index (χ2n) is 6.07. The molecule has 0 unspecified atom stereocenters. The van der Waals surface area contributed by atoms with Crippen LogP contribution in [0.3, 0.4) is 0 Å². The molecule has 2 saturated heterocycles. The van der Waals surface area contributed by atoms with Gasteiger partial charge in [-0.05, 0) is 23.3 Å². The largest absolute Gasteiger partial charge is 0.418 e. The molecule has 17 nitrogen and oxygen atoms in total. The smallest absolute Gasteiger partial charge is 0.363 e. The second kappa shape index (κ2) is 7.56. The summed E-state index contributed by atoms with van der Waals surface area (Å²) in [5, 5.41) is 10.4. The Labute approximate surface area is 162 Å². The number of nitrogens with zero attached hydrogens (tertiary/aromatic N) is 6. The van der Waals surface area contributed by atoms with Crippen molar-refractivity contribution >= 4 is 34.2 Å². The van der Waals surface area contributed by atoms with Crippen molar-refractivity contribution < 1.29 is 36.4 Å². The topological polar surface area (TPSA) is 232 Å². The molecule has 1 aromatic rings. The van der Waals surface area contributed by atoms with Crippen molar-refractivity contribution in [3.05, 3.63) is 5.82 Å². The van der Waals surface area contributed by atoms with Crippen molar-refractivity contribution in [2.24, 2.45) is 5.73 Å². The summed E-state index contributed by atoms with van der Waals surface area (Å²) < 4.78 is 35.6. The third-order valence-corrected chi connectivity index (χ3v) is 4.52.